The molecule has 2 nitrogen and oxygen atoms in total. The maximum atomic E-state index is 6.66. The minimum atomic E-state index is -0.816. The Kier molecular flexibility index (Phi) is 7.23. The van der Waals surface area contributed by atoms with Crippen LogP contribution in [0.25, 0.3) is 22.3 Å². The molecule has 1 saturated heterocycles. The van der Waals surface area contributed by atoms with Crippen molar-refractivity contribution in [2.45, 2.75) is 38.9 Å². The summed E-state index contributed by atoms with van der Waals surface area (Å²) in [7, 11) is -1.29. The Hall–Kier alpha value is -3.49. The predicted molar refractivity (Wildman–Crippen MR) is 172 cm³/mol. The van der Waals surface area contributed by atoms with E-state index in [-0.39, 0.29) is 0 Å². The molecular weight excluding hydrogens is 506 g/mol. The average molecular weight is 540 g/mol. The van der Waals surface area contributed by atoms with Gasteiger partial charge in [-0.2, -0.15) is 0 Å². The van der Waals surface area contributed by atoms with Gasteiger partial charge in [-0.3, -0.25) is 0 Å². The molecule has 5 aromatic rings. The summed E-state index contributed by atoms with van der Waals surface area (Å²) >= 11 is 0. The summed E-state index contributed by atoms with van der Waals surface area (Å²) in [6.45, 7) is 8.47. The smallest absolute Gasteiger partial charge is 0.399 e. The van der Waals surface area contributed by atoms with Crippen molar-refractivity contribution in [1.82, 2.24) is 0 Å². The zero-order valence-electron chi connectivity index (χ0n) is 23.5. The summed E-state index contributed by atoms with van der Waals surface area (Å²) in [5.41, 5.74) is 4.93. The van der Waals surface area contributed by atoms with Gasteiger partial charge in [-0.05, 0) is 79.2 Å². The third-order valence-electron chi connectivity index (χ3n) is 8.13. The molecule has 0 spiro atoms. The minimum absolute atomic E-state index is 0.433. The molecule has 0 aliphatic carbocycles. The summed E-state index contributed by atoms with van der Waals surface area (Å²) in [6.07, 6.45) is 0. The van der Waals surface area contributed by atoms with Gasteiger partial charge in [0, 0.05) is 0 Å². The second-order valence-electron chi connectivity index (χ2n) is 11.2. The van der Waals surface area contributed by atoms with Crippen molar-refractivity contribution in [3.8, 4) is 22.3 Å². The van der Waals surface area contributed by atoms with Crippen molar-refractivity contribution in [1.29, 1.82) is 0 Å². The topological polar surface area (TPSA) is 18.5 Å². The highest BCUT2D eigenvalue weighted by atomic mass is 31.1. The van der Waals surface area contributed by atoms with Gasteiger partial charge in [0.1, 0.15) is 0 Å². The Morgan fingerprint density at radius 1 is 0.500 bits per heavy atom. The summed E-state index contributed by atoms with van der Waals surface area (Å²) in [5.74, 6) is 0. The summed E-state index contributed by atoms with van der Waals surface area (Å²) < 4.78 is 13.3. The minimum Gasteiger partial charge on any atom is -0.399 e. The molecular formula is C36H34BO2P. The second kappa shape index (κ2) is 10.8. The van der Waals surface area contributed by atoms with Gasteiger partial charge in [0.15, 0.2) is 0 Å². The first kappa shape index (κ1) is 26.7. The lowest BCUT2D eigenvalue weighted by Crippen LogP contribution is -2.41. The van der Waals surface area contributed by atoms with Crippen LogP contribution in [0.5, 0.6) is 0 Å². The van der Waals surface area contributed by atoms with Gasteiger partial charge in [0.25, 0.3) is 0 Å². The quantitative estimate of drug-likeness (QED) is 0.169. The molecule has 0 aromatic heterocycles. The van der Waals surface area contributed by atoms with Crippen molar-refractivity contribution in [2.75, 3.05) is 0 Å². The van der Waals surface area contributed by atoms with Gasteiger partial charge >= 0.3 is 7.12 Å². The number of hydrogen-bond donors (Lipinski definition) is 0. The Morgan fingerprint density at radius 2 is 0.975 bits per heavy atom. The first-order chi connectivity index (χ1) is 19.4. The molecule has 0 bridgehead atoms. The largest absolute Gasteiger partial charge is 0.495 e. The van der Waals surface area contributed by atoms with Gasteiger partial charge in [-0.25, -0.2) is 0 Å². The first-order valence-corrected chi connectivity index (χ1v) is 15.2. The van der Waals surface area contributed by atoms with Crippen molar-refractivity contribution in [3.63, 3.8) is 0 Å². The third-order valence-corrected chi connectivity index (χ3v) is 10.6. The highest BCUT2D eigenvalue weighted by molar-refractivity contribution is 7.80. The molecule has 1 fully saturated rings. The van der Waals surface area contributed by atoms with Crippen LogP contribution in [0.3, 0.4) is 0 Å². The standard InChI is InChI=1S/C36H34BO2P/c1-35(2)36(3,4)39-37(38-35)32-25-16-24-30(27-17-8-5-9-18-27)34(32)31-23-14-15-26-33(31)40(28-19-10-6-11-20-28)29-21-12-7-13-22-29/h5-26H,1-4H3. The number of rotatable bonds is 6. The van der Waals surface area contributed by atoms with Crippen LogP contribution in [0.1, 0.15) is 27.7 Å². The Balaban J connectivity index is 1.62. The van der Waals surface area contributed by atoms with E-state index in [1.807, 2.05) is 0 Å². The van der Waals surface area contributed by atoms with E-state index < -0.39 is 26.2 Å². The molecule has 0 atom stereocenters. The van der Waals surface area contributed by atoms with Crippen molar-refractivity contribution >= 4 is 36.4 Å². The molecule has 0 radical (unpaired) electrons. The summed E-state index contributed by atoms with van der Waals surface area (Å²) in [4.78, 5) is 0. The molecule has 0 amide bonds. The highest BCUT2D eigenvalue weighted by Crippen LogP contribution is 2.42. The molecule has 40 heavy (non-hydrogen) atoms. The molecule has 198 valence electrons. The zero-order chi connectivity index (χ0) is 27.7. The SMILES string of the molecule is CC1(C)OB(c2cccc(-c3ccccc3)c2-c2ccccc2P(c2ccccc2)c2ccccc2)OC1(C)C. The van der Waals surface area contributed by atoms with Crippen LogP contribution in [0.15, 0.2) is 133 Å². The van der Waals surface area contributed by atoms with Crippen LogP contribution in [-0.4, -0.2) is 18.3 Å². The van der Waals surface area contributed by atoms with E-state index in [0.29, 0.717) is 0 Å². The van der Waals surface area contributed by atoms with Crippen molar-refractivity contribution in [3.05, 3.63) is 133 Å². The highest BCUT2D eigenvalue weighted by Gasteiger charge is 2.52. The van der Waals surface area contributed by atoms with E-state index in [1.165, 1.54) is 38.2 Å². The second-order valence-corrected chi connectivity index (χ2v) is 13.4. The molecule has 1 aliphatic rings. The maximum Gasteiger partial charge on any atom is 0.495 e. The van der Waals surface area contributed by atoms with Crippen LogP contribution in [0.4, 0.5) is 0 Å². The van der Waals surface area contributed by atoms with E-state index in [1.54, 1.807) is 0 Å². The Morgan fingerprint density at radius 3 is 1.55 bits per heavy atom. The third kappa shape index (κ3) is 4.95. The zero-order valence-corrected chi connectivity index (χ0v) is 24.4. The fourth-order valence-electron chi connectivity index (χ4n) is 5.36. The van der Waals surface area contributed by atoms with Crippen LogP contribution >= 0.6 is 7.92 Å². The van der Waals surface area contributed by atoms with E-state index in [9.17, 15) is 0 Å². The number of benzene rings is 5. The van der Waals surface area contributed by atoms with Crippen LogP contribution in [-0.2, 0) is 9.31 Å². The number of hydrogen-bond acceptors (Lipinski definition) is 2. The lowest BCUT2D eigenvalue weighted by molar-refractivity contribution is 0.00578. The molecule has 0 saturated carbocycles. The molecule has 6 rings (SSSR count). The lowest BCUT2D eigenvalue weighted by Gasteiger charge is -2.32. The Labute approximate surface area is 239 Å². The monoisotopic (exact) mass is 540 g/mol. The summed E-state index contributed by atoms with van der Waals surface area (Å²) in [6, 6.07) is 47.9. The maximum absolute atomic E-state index is 6.66. The van der Waals surface area contributed by atoms with Crippen molar-refractivity contribution in [2.24, 2.45) is 0 Å². The fraction of sp³-hybridized carbons (Fsp3) is 0.167. The Bertz CT molecular complexity index is 1550. The van der Waals surface area contributed by atoms with E-state index in [4.69, 9.17) is 9.31 Å². The van der Waals surface area contributed by atoms with E-state index in [2.05, 4.69) is 161 Å². The van der Waals surface area contributed by atoms with E-state index >= 15 is 0 Å². The van der Waals surface area contributed by atoms with Crippen LogP contribution in [0.2, 0.25) is 0 Å². The van der Waals surface area contributed by atoms with Gasteiger partial charge in [0.05, 0.1) is 11.2 Å². The van der Waals surface area contributed by atoms with Gasteiger partial charge < -0.3 is 9.31 Å². The molecule has 4 heteroatoms. The normalized spacial score (nSPS) is 15.9. The average Bonchev–Trinajstić information content (AvgIpc) is 3.21. The van der Waals surface area contributed by atoms with Crippen LogP contribution < -0.4 is 21.4 Å². The molecule has 1 aliphatic heterocycles. The van der Waals surface area contributed by atoms with Crippen molar-refractivity contribution < 1.29 is 9.31 Å². The molecule has 0 N–H and O–H groups in total. The van der Waals surface area contributed by atoms with Gasteiger partial charge in [-0.15, -0.1) is 0 Å². The van der Waals surface area contributed by atoms with E-state index in [0.717, 1.165) is 5.46 Å². The van der Waals surface area contributed by atoms with Gasteiger partial charge in [0.2, 0.25) is 0 Å². The van der Waals surface area contributed by atoms with Crippen LogP contribution in [0, 0.1) is 0 Å². The lowest BCUT2D eigenvalue weighted by atomic mass is 9.72. The molecule has 1 heterocycles. The predicted octanol–water partition coefficient (Wildman–Crippen LogP) is 7.08. The summed E-state index contributed by atoms with van der Waals surface area (Å²) in [5, 5.41) is 3.96. The van der Waals surface area contributed by atoms with Gasteiger partial charge in [-0.1, -0.05) is 133 Å². The fourth-order valence-corrected chi connectivity index (χ4v) is 7.81. The first-order valence-electron chi connectivity index (χ1n) is 13.9. The molecule has 0 unspecified atom stereocenters. The molecule has 5 aromatic carbocycles.